The van der Waals surface area contributed by atoms with E-state index < -0.39 is 0 Å². The van der Waals surface area contributed by atoms with Crippen molar-refractivity contribution in [2.24, 2.45) is 7.05 Å². The van der Waals surface area contributed by atoms with E-state index in [1.54, 1.807) is 19.4 Å². The van der Waals surface area contributed by atoms with Gasteiger partial charge >= 0.3 is 0 Å². The Bertz CT molecular complexity index is 765. The second-order valence-corrected chi connectivity index (χ2v) is 6.58. The molecule has 2 aromatic heterocycles. The first-order chi connectivity index (χ1) is 12.0. The maximum absolute atomic E-state index is 12.2. The number of anilines is 1. The SMILES string of the molecule is Cc1noc(C)c1CN1CCO[C@@H](CN(C)c2nccn(C)c2=O)C1. The standard InChI is InChI=1S/C17H25N5O3/c1-12-15(13(2)25-19-12)11-22-7-8-24-14(10-22)9-21(4)16-17(23)20(3)6-5-18-16/h5-6,14H,7-11H2,1-4H3/t14-/m0/s1. The summed E-state index contributed by atoms with van der Waals surface area (Å²) in [4.78, 5) is 20.6. The maximum atomic E-state index is 12.2. The second-order valence-electron chi connectivity index (χ2n) is 6.58. The molecule has 8 heteroatoms. The predicted molar refractivity (Wildman–Crippen MR) is 93.7 cm³/mol. The first kappa shape index (κ1) is 17.6. The molecule has 3 heterocycles. The Labute approximate surface area is 147 Å². The van der Waals surface area contributed by atoms with E-state index in [1.165, 1.54) is 4.57 Å². The molecule has 0 aromatic carbocycles. The zero-order chi connectivity index (χ0) is 18.0. The van der Waals surface area contributed by atoms with E-state index in [9.17, 15) is 4.79 Å². The molecule has 136 valence electrons. The molecule has 0 aliphatic carbocycles. The minimum absolute atomic E-state index is 0.0194. The monoisotopic (exact) mass is 347 g/mol. The molecule has 8 nitrogen and oxygen atoms in total. The molecular formula is C17H25N5O3. The van der Waals surface area contributed by atoms with Crippen molar-refractivity contribution < 1.29 is 9.26 Å². The lowest BCUT2D eigenvalue weighted by Gasteiger charge is -2.34. The molecule has 1 saturated heterocycles. The van der Waals surface area contributed by atoms with E-state index >= 15 is 0 Å². The number of rotatable bonds is 5. The topological polar surface area (TPSA) is 76.6 Å². The molecule has 0 saturated carbocycles. The van der Waals surface area contributed by atoms with E-state index in [2.05, 4.69) is 15.0 Å². The number of likely N-dealkylation sites (N-methyl/N-ethyl adjacent to an activating group) is 1. The number of aromatic nitrogens is 3. The van der Waals surface area contributed by atoms with Crippen molar-refractivity contribution in [2.75, 3.05) is 38.2 Å². The highest BCUT2D eigenvalue weighted by Gasteiger charge is 2.24. The summed E-state index contributed by atoms with van der Waals surface area (Å²) in [6.07, 6.45) is 3.31. The lowest BCUT2D eigenvalue weighted by Crippen LogP contribution is -2.47. The average molecular weight is 347 g/mol. The fourth-order valence-electron chi connectivity index (χ4n) is 3.12. The van der Waals surface area contributed by atoms with Gasteiger partial charge in [0.05, 0.1) is 18.4 Å². The van der Waals surface area contributed by atoms with Crippen LogP contribution in [0.25, 0.3) is 0 Å². The van der Waals surface area contributed by atoms with Gasteiger partial charge in [-0.3, -0.25) is 9.69 Å². The van der Waals surface area contributed by atoms with Crippen molar-refractivity contribution in [2.45, 2.75) is 26.5 Å². The summed E-state index contributed by atoms with van der Waals surface area (Å²) in [7, 11) is 3.60. The van der Waals surface area contributed by atoms with Gasteiger partial charge in [-0.2, -0.15) is 0 Å². The summed E-state index contributed by atoms with van der Waals surface area (Å²) in [5.41, 5.74) is 1.98. The van der Waals surface area contributed by atoms with E-state index in [1.807, 2.05) is 25.8 Å². The summed E-state index contributed by atoms with van der Waals surface area (Å²) < 4.78 is 12.7. The van der Waals surface area contributed by atoms with Gasteiger partial charge in [-0.1, -0.05) is 5.16 Å². The largest absolute Gasteiger partial charge is 0.374 e. The molecule has 25 heavy (non-hydrogen) atoms. The number of aryl methyl sites for hydroxylation is 3. The normalized spacial score (nSPS) is 18.5. The van der Waals surface area contributed by atoms with Crippen molar-refractivity contribution in [1.82, 2.24) is 19.6 Å². The minimum atomic E-state index is -0.103. The maximum Gasteiger partial charge on any atom is 0.293 e. The lowest BCUT2D eigenvalue weighted by atomic mass is 10.1. The van der Waals surface area contributed by atoms with Crippen LogP contribution in [-0.4, -0.2) is 59.0 Å². The molecule has 3 rings (SSSR count). The van der Waals surface area contributed by atoms with E-state index in [-0.39, 0.29) is 11.7 Å². The van der Waals surface area contributed by atoms with Gasteiger partial charge in [0.2, 0.25) is 0 Å². The Morgan fingerprint density at radius 3 is 2.92 bits per heavy atom. The van der Waals surface area contributed by atoms with Crippen molar-refractivity contribution in [3.8, 4) is 0 Å². The third kappa shape index (κ3) is 3.91. The van der Waals surface area contributed by atoms with Crippen molar-refractivity contribution in [1.29, 1.82) is 0 Å². The number of nitrogens with zero attached hydrogens (tertiary/aromatic N) is 5. The fraction of sp³-hybridized carbons (Fsp3) is 0.588. The highest BCUT2D eigenvalue weighted by Crippen LogP contribution is 2.17. The highest BCUT2D eigenvalue weighted by molar-refractivity contribution is 5.34. The van der Waals surface area contributed by atoms with Crippen LogP contribution in [0.5, 0.6) is 0 Å². The molecular weight excluding hydrogens is 322 g/mol. The smallest absolute Gasteiger partial charge is 0.293 e. The van der Waals surface area contributed by atoms with Crippen LogP contribution in [-0.2, 0) is 18.3 Å². The third-order valence-electron chi connectivity index (χ3n) is 4.62. The molecule has 1 fully saturated rings. The van der Waals surface area contributed by atoms with Gasteiger partial charge in [-0.15, -0.1) is 0 Å². The summed E-state index contributed by atoms with van der Waals surface area (Å²) >= 11 is 0. The summed E-state index contributed by atoms with van der Waals surface area (Å²) in [5.74, 6) is 1.31. The molecule has 0 N–H and O–H groups in total. The lowest BCUT2D eigenvalue weighted by molar-refractivity contribution is -0.0266. The van der Waals surface area contributed by atoms with E-state index in [4.69, 9.17) is 9.26 Å². The van der Waals surface area contributed by atoms with Gasteiger partial charge in [0.1, 0.15) is 5.76 Å². The first-order valence-corrected chi connectivity index (χ1v) is 8.44. The van der Waals surface area contributed by atoms with Gasteiger partial charge in [-0.05, 0) is 13.8 Å². The van der Waals surface area contributed by atoms with Gasteiger partial charge in [0.15, 0.2) is 5.82 Å². The van der Waals surface area contributed by atoms with Crippen LogP contribution in [0.15, 0.2) is 21.7 Å². The van der Waals surface area contributed by atoms with Crippen LogP contribution in [0.3, 0.4) is 0 Å². The zero-order valence-corrected chi connectivity index (χ0v) is 15.2. The quantitative estimate of drug-likeness (QED) is 0.789. The zero-order valence-electron chi connectivity index (χ0n) is 15.2. The van der Waals surface area contributed by atoms with Crippen molar-refractivity contribution in [3.05, 3.63) is 39.8 Å². The Morgan fingerprint density at radius 2 is 2.20 bits per heavy atom. The van der Waals surface area contributed by atoms with Gasteiger partial charge < -0.3 is 18.7 Å². The molecule has 0 spiro atoms. The van der Waals surface area contributed by atoms with Crippen LogP contribution < -0.4 is 10.5 Å². The van der Waals surface area contributed by atoms with E-state index in [0.717, 1.165) is 36.7 Å². The van der Waals surface area contributed by atoms with Gasteiger partial charge in [0.25, 0.3) is 5.56 Å². The van der Waals surface area contributed by atoms with Gasteiger partial charge in [-0.25, -0.2) is 4.98 Å². The second kappa shape index (κ2) is 7.37. The Hall–Kier alpha value is -2.19. The minimum Gasteiger partial charge on any atom is -0.374 e. The number of hydrogen-bond acceptors (Lipinski definition) is 7. The molecule has 0 radical (unpaired) electrons. The number of morpholine rings is 1. The Morgan fingerprint density at radius 1 is 1.40 bits per heavy atom. The third-order valence-corrected chi connectivity index (χ3v) is 4.62. The van der Waals surface area contributed by atoms with Crippen molar-refractivity contribution in [3.63, 3.8) is 0 Å². The van der Waals surface area contributed by atoms with Crippen LogP contribution >= 0.6 is 0 Å². The summed E-state index contributed by atoms with van der Waals surface area (Å²) in [6.45, 7) is 7.66. The predicted octanol–water partition coefficient (Wildman–Crippen LogP) is 0.722. The molecule has 0 unspecified atom stereocenters. The molecule has 0 bridgehead atoms. The number of hydrogen-bond donors (Lipinski definition) is 0. The molecule has 2 aromatic rings. The average Bonchev–Trinajstić information content (AvgIpc) is 2.89. The Kier molecular flexibility index (Phi) is 5.19. The Balaban J connectivity index is 1.63. The van der Waals surface area contributed by atoms with Gasteiger partial charge in [0, 0.05) is 58.2 Å². The summed E-state index contributed by atoms with van der Waals surface area (Å²) in [5, 5.41) is 4.02. The van der Waals surface area contributed by atoms with E-state index in [0.29, 0.717) is 19.0 Å². The van der Waals surface area contributed by atoms with Crippen LogP contribution in [0.4, 0.5) is 5.82 Å². The molecule has 0 amide bonds. The van der Waals surface area contributed by atoms with Crippen LogP contribution in [0.1, 0.15) is 17.0 Å². The first-order valence-electron chi connectivity index (χ1n) is 8.44. The number of ether oxygens (including phenoxy) is 1. The molecule has 1 aliphatic rings. The van der Waals surface area contributed by atoms with Crippen LogP contribution in [0, 0.1) is 13.8 Å². The fourth-order valence-corrected chi connectivity index (χ4v) is 3.12. The summed E-state index contributed by atoms with van der Waals surface area (Å²) in [6, 6.07) is 0. The molecule has 1 atom stereocenters. The highest BCUT2D eigenvalue weighted by atomic mass is 16.5. The molecule has 1 aliphatic heterocycles. The van der Waals surface area contributed by atoms with Crippen molar-refractivity contribution >= 4 is 5.82 Å². The van der Waals surface area contributed by atoms with Crippen LogP contribution in [0.2, 0.25) is 0 Å².